The predicted molar refractivity (Wildman–Crippen MR) is 46.5 cm³/mol. The van der Waals surface area contributed by atoms with Crippen molar-refractivity contribution >= 4 is 5.95 Å². The smallest absolute Gasteiger partial charge is 0.239 e. The number of aryl methyl sites for hydroxylation is 1. The Morgan fingerprint density at radius 1 is 1.58 bits per heavy atom. The van der Waals surface area contributed by atoms with Crippen molar-refractivity contribution in [1.29, 1.82) is 0 Å². The first kappa shape index (κ1) is 7.58. The van der Waals surface area contributed by atoms with E-state index in [9.17, 15) is 0 Å². The molecule has 4 nitrogen and oxygen atoms in total. The van der Waals surface area contributed by atoms with E-state index < -0.39 is 0 Å². The van der Waals surface area contributed by atoms with Gasteiger partial charge >= 0.3 is 0 Å². The van der Waals surface area contributed by atoms with Crippen molar-refractivity contribution in [2.45, 2.75) is 32.7 Å². The Kier molecular flexibility index (Phi) is 1.75. The van der Waals surface area contributed by atoms with E-state index in [-0.39, 0.29) is 0 Å². The summed E-state index contributed by atoms with van der Waals surface area (Å²) in [6, 6.07) is 0. The lowest BCUT2D eigenvalue weighted by Gasteiger charge is -2.02. The lowest BCUT2D eigenvalue weighted by atomic mass is 10.0. The summed E-state index contributed by atoms with van der Waals surface area (Å²) >= 11 is 0. The summed E-state index contributed by atoms with van der Waals surface area (Å²) in [4.78, 5) is 4.19. The molecule has 0 radical (unpaired) electrons. The number of nitrogens with zero attached hydrogens (tertiary/aromatic N) is 3. The normalized spacial score (nSPS) is 23.2. The molecule has 2 heterocycles. The van der Waals surface area contributed by atoms with Crippen LogP contribution in [-0.4, -0.2) is 14.8 Å². The first-order valence-corrected chi connectivity index (χ1v) is 4.45. The summed E-state index contributed by atoms with van der Waals surface area (Å²) in [7, 11) is 0. The van der Waals surface area contributed by atoms with Gasteiger partial charge in [0.2, 0.25) is 5.95 Å². The number of hydrogen-bond donors (Lipinski definition) is 1. The second-order valence-electron chi connectivity index (χ2n) is 3.56. The van der Waals surface area contributed by atoms with Crippen molar-refractivity contribution in [3.8, 4) is 0 Å². The van der Waals surface area contributed by atoms with Gasteiger partial charge in [-0.2, -0.15) is 4.98 Å². The Balaban J connectivity index is 2.30. The lowest BCUT2D eigenvalue weighted by molar-refractivity contribution is 0.513. The van der Waals surface area contributed by atoms with Crippen LogP contribution in [0.15, 0.2) is 0 Å². The fourth-order valence-electron chi connectivity index (χ4n) is 1.73. The molecular weight excluding hydrogens is 152 g/mol. The minimum absolute atomic E-state index is 0.416. The van der Waals surface area contributed by atoms with Gasteiger partial charge in [0.1, 0.15) is 5.82 Å². The first-order valence-electron chi connectivity index (χ1n) is 4.45. The Morgan fingerprint density at radius 2 is 2.42 bits per heavy atom. The molecule has 2 rings (SSSR count). The summed E-state index contributed by atoms with van der Waals surface area (Å²) in [5.41, 5.74) is 5.51. The predicted octanol–water partition coefficient (Wildman–Crippen LogP) is 0.833. The quantitative estimate of drug-likeness (QED) is 0.621. The highest BCUT2D eigenvalue weighted by Gasteiger charge is 2.15. The van der Waals surface area contributed by atoms with Crippen LogP contribution in [0.1, 0.15) is 25.6 Å². The average Bonchev–Trinajstić information content (AvgIpc) is 2.23. The molecule has 1 aromatic heterocycles. The maximum absolute atomic E-state index is 5.51. The van der Waals surface area contributed by atoms with Gasteiger partial charge in [-0.3, -0.25) is 0 Å². The molecule has 0 amide bonds. The monoisotopic (exact) mass is 166 g/mol. The van der Waals surface area contributed by atoms with Gasteiger partial charge in [0.15, 0.2) is 0 Å². The van der Waals surface area contributed by atoms with Gasteiger partial charge in [0.25, 0.3) is 0 Å². The summed E-state index contributed by atoms with van der Waals surface area (Å²) in [6.45, 7) is 3.23. The molecule has 0 bridgehead atoms. The molecule has 0 saturated carbocycles. The van der Waals surface area contributed by atoms with Crippen LogP contribution >= 0.6 is 0 Å². The van der Waals surface area contributed by atoms with Crippen LogP contribution in [0.25, 0.3) is 0 Å². The Morgan fingerprint density at radius 3 is 3.25 bits per heavy atom. The molecular formula is C8H14N4. The molecule has 12 heavy (non-hydrogen) atoms. The van der Waals surface area contributed by atoms with Crippen LogP contribution in [0, 0.1) is 5.92 Å². The van der Waals surface area contributed by atoms with Crippen LogP contribution < -0.4 is 5.73 Å². The Bertz CT molecular complexity index is 279. The SMILES string of the molecule is CC1CCCn2nc(N)nc2C1. The van der Waals surface area contributed by atoms with Gasteiger partial charge in [0, 0.05) is 13.0 Å². The van der Waals surface area contributed by atoms with Crippen LogP contribution in [0.2, 0.25) is 0 Å². The maximum Gasteiger partial charge on any atom is 0.239 e. The van der Waals surface area contributed by atoms with Crippen LogP contribution in [0.4, 0.5) is 5.95 Å². The molecule has 0 saturated heterocycles. The average molecular weight is 166 g/mol. The Hall–Kier alpha value is -1.06. The number of rotatable bonds is 0. The van der Waals surface area contributed by atoms with Crippen LogP contribution in [-0.2, 0) is 13.0 Å². The molecule has 1 aromatic rings. The van der Waals surface area contributed by atoms with E-state index in [0.29, 0.717) is 5.95 Å². The fourth-order valence-corrected chi connectivity index (χ4v) is 1.73. The number of hydrogen-bond acceptors (Lipinski definition) is 3. The molecule has 1 aliphatic rings. The molecule has 0 spiro atoms. The topological polar surface area (TPSA) is 56.7 Å². The molecule has 0 aromatic carbocycles. The third-order valence-electron chi connectivity index (χ3n) is 2.36. The Labute approximate surface area is 71.8 Å². The second-order valence-corrected chi connectivity index (χ2v) is 3.56. The summed E-state index contributed by atoms with van der Waals surface area (Å²) in [6.07, 6.45) is 3.48. The van der Waals surface area contributed by atoms with Gasteiger partial charge in [-0.15, -0.1) is 5.10 Å². The minimum Gasteiger partial charge on any atom is -0.366 e. The van der Waals surface area contributed by atoms with Gasteiger partial charge in [-0.1, -0.05) is 6.92 Å². The zero-order valence-corrected chi connectivity index (χ0v) is 7.32. The molecule has 66 valence electrons. The van der Waals surface area contributed by atoms with Crippen molar-refractivity contribution in [2.75, 3.05) is 5.73 Å². The first-order chi connectivity index (χ1) is 5.75. The molecule has 0 aliphatic carbocycles. The van der Waals surface area contributed by atoms with Gasteiger partial charge < -0.3 is 5.73 Å². The minimum atomic E-state index is 0.416. The van der Waals surface area contributed by atoms with E-state index in [4.69, 9.17) is 5.73 Å². The lowest BCUT2D eigenvalue weighted by Crippen LogP contribution is -2.03. The number of nitrogens with two attached hydrogens (primary N) is 1. The number of anilines is 1. The van der Waals surface area contributed by atoms with E-state index in [2.05, 4.69) is 17.0 Å². The summed E-state index contributed by atoms with van der Waals surface area (Å²) in [5, 5.41) is 4.13. The van der Waals surface area contributed by atoms with Crippen molar-refractivity contribution in [3.63, 3.8) is 0 Å². The summed E-state index contributed by atoms with van der Waals surface area (Å²) < 4.78 is 1.94. The van der Waals surface area contributed by atoms with Crippen molar-refractivity contribution in [3.05, 3.63) is 5.82 Å². The van der Waals surface area contributed by atoms with E-state index in [0.717, 1.165) is 24.7 Å². The van der Waals surface area contributed by atoms with Gasteiger partial charge in [-0.05, 0) is 18.8 Å². The summed E-state index contributed by atoms with van der Waals surface area (Å²) in [5.74, 6) is 2.19. The maximum atomic E-state index is 5.51. The van der Waals surface area contributed by atoms with Gasteiger partial charge in [0.05, 0.1) is 0 Å². The highest BCUT2D eigenvalue weighted by Crippen LogP contribution is 2.18. The second kappa shape index (κ2) is 2.77. The zero-order chi connectivity index (χ0) is 8.55. The molecule has 1 unspecified atom stereocenters. The van der Waals surface area contributed by atoms with Crippen molar-refractivity contribution in [1.82, 2.24) is 14.8 Å². The third kappa shape index (κ3) is 1.29. The third-order valence-corrected chi connectivity index (χ3v) is 2.36. The van der Waals surface area contributed by atoms with Crippen LogP contribution in [0.5, 0.6) is 0 Å². The highest BCUT2D eigenvalue weighted by molar-refractivity contribution is 5.14. The van der Waals surface area contributed by atoms with E-state index in [1.807, 2.05) is 4.68 Å². The largest absolute Gasteiger partial charge is 0.366 e. The van der Waals surface area contributed by atoms with Crippen LogP contribution in [0.3, 0.4) is 0 Å². The van der Waals surface area contributed by atoms with E-state index in [1.165, 1.54) is 12.8 Å². The van der Waals surface area contributed by atoms with Crippen molar-refractivity contribution in [2.24, 2.45) is 5.92 Å². The molecule has 1 aliphatic heterocycles. The number of aromatic nitrogens is 3. The van der Waals surface area contributed by atoms with E-state index in [1.54, 1.807) is 0 Å². The zero-order valence-electron chi connectivity index (χ0n) is 7.32. The fraction of sp³-hybridized carbons (Fsp3) is 0.750. The number of fused-ring (bicyclic) bond motifs is 1. The molecule has 0 fully saturated rings. The molecule has 4 heteroatoms. The standard InChI is InChI=1S/C8H14N4/c1-6-3-2-4-12-7(5-6)10-8(9)11-12/h6H,2-5H2,1H3,(H2,9,11). The van der Waals surface area contributed by atoms with Crippen molar-refractivity contribution < 1.29 is 0 Å². The molecule has 1 atom stereocenters. The highest BCUT2D eigenvalue weighted by atomic mass is 15.4. The van der Waals surface area contributed by atoms with Gasteiger partial charge in [-0.25, -0.2) is 4.68 Å². The molecule has 2 N–H and O–H groups in total. The number of nitrogen functional groups attached to an aromatic ring is 1. The van der Waals surface area contributed by atoms with E-state index >= 15 is 0 Å².